The first-order valence-electron chi connectivity index (χ1n) is 1.02. The molecular weight excluding hydrogens is 303 g/mol. The number of hydrogen-bond donors (Lipinski definition) is 0. The molecule has 1 aliphatic heterocycles. The van der Waals surface area contributed by atoms with Crippen LogP contribution < -0.4 is 0 Å². The van der Waals surface area contributed by atoms with Crippen LogP contribution in [0.3, 0.4) is 0 Å². The second-order valence-electron chi connectivity index (χ2n) is 0.537. The van der Waals surface area contributed by atoms with Crippen LogP contribution in [0.5, 0.6) is 0 Å². The van der Waals surface area contributed by atoms with E-state index < -0.39 is 43.8 Å². The maximum absolute atomic E-state index is 9.75. The monoisotopic (exact) mass is 304 g/mol. The van der Waals surface area contributed by atoms with E-state index in [0.29, 0.717) is 0 Å². The van der Waals surface area contributed by atoms with E-state index in [2.05, 4.69) is 2.54 Å². The van der Waals surface area contributed by atoms with Gasteiger partial charge in [0.2, 0.25) is 0 Å². The summed E-state index contributed by atoms with van der Waals surface area (Å²) in [6.45, 7) is 0. The van der Waals surface area contributed by atoms with E-state index in [1.165, 1.54) is 0 Å². The van der Waals surface area contributed by atoms with E-state index in [1.807, 2.05) is 0 Å². The second kappa shape index (κ2) is 1.88. The van der Waals surface area contributed by atoms with Crippen molar-refractivity contribution in [3.8, 4) is 0 Å². The van der Waals surface area contributed by atoms with E-state index in [0.717, 1.165) is 0 Å². The minimum atomic E-state index is -2.34. The molecule has 0 aromatic rings. The molecule has 1 fully saturated rings. The van der Waals surface area contributed by atoms with Gasteiger partial charge in [-0.05, 0) is 0 Å². The van der Waals surface area contributed by atoms with Crippen LogP contribution in [-0.2, 0) is 24.5 Å². The third-order valence-electron chi connectivity index (χ3n) is 0.250. The number of rotatable bonds is 0. The summed E-state index contributed by atoms with van der Waals surface area (Å²) in [4.78, 5) is 0. The van der Waals surface area contributed by atoms with Gasteiger partial charge < -0.3 is 0 Å². The molecule has 0 atom stereocenters. The van der Waals surface area contributed by atoms with Crippen LogP contribution in [0.4, 0.5) is 0 Å². The van der Waals surface area contributed by atoms with E-state index in [9.17, 15) is 3.32 Å². The molecule has 0 unspecified atom stereocenters. The van der Waals surface area contributed by atoms with Gasteiger partial charge in [-0.15, -0.1) is 0 Å². The molecule has 0 aromatic carbocycles. The Hall–Kier alpha value is 1.36. The first-order chi connectivity index (χ1) is 2.39. The van der Waals surface area contributed by atoms with Crippen molar-refractivity contribution >= 4 is 25.1 Å². The van der Waals surface area contributed by atoms with Crippen LogP contribution in [0.25, 0.3) is 0 Å². The van der Waals surface area contributed by atoms with Gasteiger partial charge in [0.15, 0.2) is 0 Å². The van der Waals surface area contributed by atoms with Crippen LogP contribution in [0, 0.1) is 0 Å². The molecule has 1 saturated heterocycles. The molecule has 5 heavy (non-hydrogen) atoms. The Morgan fingerprint density at radius 2 is 2.00 bits per heavy atom. The molecule has 2 radical (unpaired) electrons. The summed E-state index contributed by atoms with van der Waals surface area (Å²) in [5.41, 5.74) is 0. The summed E-state index contributed by atoms with van der Waals surface area (Å²) in [6, 6.07) is 0. The zero-order chi connectivity index (χ0) is 3.70. The molecule has 0 aliphatic carbocycles. The molecule has 0 N–H and O–H groups in total. The molecule has 1 rings (SSSR count). The van der Waals surface area contributed by atoms with Gasteiger partial charge in [0.05, 0.1) is 0 Å². The molecule has 0 spiro atoms. The van der Waals surface area contributed by atoms with Crippen molar-refractivity contribution in [2.24, 2.45) is 0 Å². The molecule has 0 saturated carbocycles. The molecule has 0 amide bonds. The quantitative estimate of drug-likeness (QED) is 0.559. The van der Waals surface area contributed by atoms with Crippen molar-refractivity contribution in [3.05, 3.63) is 0 Å². The van der Waals surface area contributed by atoms with Crippen molar-refractivity contribution in [1.82, 2.24) is 0 Å². The first-order valence-corrected chi connectivity index (χ1v) is 6.11. The van der Waals surface area contributed by atoms with Gasteiger partial charge in [-0.3, -0.25) is 0 Å². The second-order valence-corrected chi connectivity index (χ2v) is 9.15. The summed E-state index contributed by atoms with van der Waals surface area (Å²) in [5.74, 6) is 0. The average Bonchev–Trinajstić information content (AvgIpc) is 1.30. The fourth-order valence-electron chi connectivity index (χ4n) is 0.0757. The zero-order valence-corrected chi connectivity index (χ0v) is 7.67. The van der Waals surface area contributed by atoms with Crippen molar-refractivity contribution in [1.29, 1.82) is 0 Å². The van der Waals surface area contributed by atoms with Gasteiger partial charge in [0, 0.05) is 0 Å². The molecule has 0 bridgehead atoms. The van der Waals surface area contributed by atoms with Crippen LogP contribution in [0.15, 0.2) is 0 Å². The van der Waals surface area contributed by atoms with E-state index in [1.54, 1.807) is 0 Å². The maximum atomic E-state index is 9.75. The van der Waals surface area contributed by atoms with Gasteiger partial charge in [0.1, 0.15) is 0 Å². The first kappa shape index (κ1) is 4.51. The van der Waals surface area contributed by atoms with Gasteiger partial charge in [-0.25, -0.2) is 0 Å². The Balaban J connectivity index is 2.32. The van der Waals surface area contributed by atoms with Crippen LogP contribution in [0.1, 0.15) is 0 Å². The summed E-state index contributed by atoms with van der Waals surface area (Å²) in [6.07, 6.45) is 0. The van der Waals surface area contributed by atoms with Crippen LogP contribution in [0.2, 0.25) is 0 Å². The third-order valence-corrected chi connectivity index (χ3v) is 9.05. The van der Waals surface area contributed by atoms with Gasteiger partial charge in [-0.2, -0.15) is 0 Å². The fourth-order valence-corrected chi connectivity index (χ4v) is 2.74. The predicted octanol–water partition coefficient (Wildman–Crippen LogP) is -0.639. The van der Waals surface area contributed by atoms with Crippen molar-refractivity contribution < 1.29 is 24.5 Å². The van der Waals surface area contributed by atoms with E-state index in [4.69, 9.17) is 0 Å². The van der Waals surface area contributed by atoms with E-state index >= 15 is 0 Å². The molecule has 5 heteroatoms. The van der Waals surface area contributed by atoms with Crippen LogP contribution >= 0.6 is 0 Å². The summed E-state index contributed by atoms with van der Waals surface area (Å²) >= 11 is -3.39. The summed E-state index contributed by atoms with van der Waals surface area (Å²) < 4.78 is 18.8. The van der Waals surface area contributed by atoms with Gasteiger partial charge >= 0.3 is 49.6 Å². The summed E-state index contributed by atoms with van der Waals surface area (Å²) in [5, 5.41) is 0. The molecule has 0 aromatic heterocycles. The molecule has 26 valence electrons. The topological polar surface area (TPSA) is 35.5 Å². The van der Waals surface area contributed by atoms with E-state index in [-0.39, 0.29) is 0 Å². The Labute approximate surface area is 49.3 Å². The fraction of sp³-hybridized carbons (Fsp3) is 0. The Kier molecular flexibility index (Phi) is 1.70. The molecule has 1 heterocycles. The zero-order valence-electron chi connectivity index (χ0n) is 2.22. The predicted molar refractivity (Wildman–Crippen MR) is 8.61 cm³/mol. The Morgan fingerprint density at radius 1 is 1.60 bits per heavy atom. The van der Waals surface area contributed by atoms with Crippen molar-refractivity contribution in [3.63, 3.8) is 0 Å². The SMILES string of the molecule is [O]=[Ti]1[O][Pb][O]1. The standard InChI is InChI=1S/3O.Pb.Ti. The summed E-state index contributed by atoms with van der Waals surface area (Å²) in [7, 11) is 0. The molecule has 1 aliphatic rings. The number of hydrogen-bond acceptors (Lipinski definition) is 3. The van der Waals surface area contributed by atoms with Gasteiger partial charge in [-0.1, -0.05) is 0 Å². The third kappa shape index (κ3) is 1.12. The minimum absolute atomic E-state index is 1.05. The Bertz CT molecular complexity index is 53.9. The molecule has 3 nitrogen and oxygen atoms in total. The Morgan fingerprint density at radius 3 is 2.00 bits per heavy atom. The molecular formula is O3PbTi. The average molecular weight is 303 g/mol. The van der Waals surface area contributed by atoms with Crippen molar-refractivity contribution in [2.45, 2.75) is 0 Å². The van der Waals surface area contributed by atoms with Crippen molar-refractivity contribution in [2.75, 3.05) is 0 Å². The van der Waals surface area contributed by atoms with Crippen LogP contribution in [-0.4, -0.2) is 25.1 Å². The normalized spacial score (nSPS) is 22.0. The van der Waals surface area contributed by atoms with Gasteiger partial charge in [0.25, 0.3) is 0 Å².